The molecule has 3 aromatic carbocycles. The maximum atomic E-state index is 11.3. The van der Waals surface area contributed by atoms with Crippen LogP contribution in [-0.2, 0) is 11.2 Å². The smallest absolute Gasteiger partial charge is 0.307 e. The average Bonchev–Trinajstić information content (AvgIpc) is 3.07. The Labute approximate surface area is 147 Å². The summed E-state index contributed by atoms with van der Waals surface area (Å²) in [4.78, 5) is 11.3. The average molecular weight is 357 g/mol. The van der Waals surface area contributed by atoms with Crippen molar-refractivity contribution in [2.75, 3.05) is 19.1 Å². The number of carboxylic acids is 1. The molecule has 0 saturated heterocycles. The van der Waals surface area contributed by atoms with Crippen LogP contribution in [0, 0.1) is 0 Å². The third-order valence-corrected chi connectivity index (χ3v) is 4.39. The fourth-order valence-corrected chi connectivity index (χ4v) is 3.40. The molecule has 8 nitrogen and oxygen atoms in total. The fourth-order valence-electron chi connectivity index (χ4n) is 3.40. The predicted octanol–water partition coefficient (Wildman–Crippen LogP) is 2.94. The number of methoxy groups -OCH3 is 1. The number of rotatable bonds is 4. The lowest BCUT2D eigenvalue weighted by Gasteiger charge is -2.19. The second-order valence-corrected chi connectivity index (χ2v) is 5.83. The second kappa shape index (κ2) is 5.94. The van der Waals surface area contributed by atoms with Crippen LogP contribution in [0.4, 0.5) is 5.69 Å². The molecule has 1 aliphatic rings. The molecule has 1 heterocycles. The first kappa shape index (κ1) is 16.2. The molecular weight excluding hydrogens is 342 g/mol. The largest absolute Gasteiger partial charge is 0.496 e. The Bertz CT molecular complexity index is 1050. The van der Waals surface area contributed by atoms with E-state index >= 15 is 0 Å². The number of ether oxygens (including phenoxy) is 3. The van der Waals surface area contributed by atoms with Crippen LogP contribution in [0.5, 0.6) is 17.2 Å². The van der Waals surface area contributed by atoms with Gasteiger partial charge in [-0.1, -0.05) is 12.1 Å². The summed E-state index contributed by atoms with van der Waals surface area (Å²) in [5.74, 6) is 0.321. The molecule has 8 heteroatoms. The summed E-state index contributed by atoms with van der Waals surface area (Å²) in [6, 6.07) is 8.45. The minimum Gasteiger partial charge on any atom is -0.496 e. The van der Waals surface area contributed by atoms with Crippen molar-refractivity contribution in [3.8, 4) is 17.2 Å². The van der Waals surface area contributed by atoms with E-state index in [1.165, 1.54) is 13.2 Å². The maximum absolute atomic E-state index is 11.3. The lowest BCUT2D eigenvalue weighted by molar-refractivity contribution is -0.136. The molecule has 0 bridgehead atoms. The quantitative estimate of drug-likeness (QED) is 0.483. The molecule has 0 spiro atoms. The van der Waals surface area contributed by atoms with Gasteiger partial charge in [0.2, 0.25) is 6.79 Å². The molecule has 0 fully saturated rings. The summed E-state index contributed by atoms with van der Waals surface area (Å²) in [5, 5.41) is 31.0. The van der Waals surface area contributed by atoms with Gasteiger partial charge in [0.05, 0.1) is 13.5 Å². The standard InChI is InChI=1S/C18H15NO7/c1-24-13-4-2-3-10-11(13)7-12(19(22)23)16-9(6-15(20)21)5-14-18(17(10)16)26-8-25-14/h2-5,7,22-23H,6,8H2,1H3,(H,20,21). The van der Waals surface area contributed by atoms with E-state index in [9.17, 15) is 20.3 Å². The topological polar surface area (TPSA) is 109 Å². The van der Waals surface area contributed by atoms with E-state index < -0.39 is 5.97 Å². The number of aliphatic carboxylic acids is 1. The fraction of sp³-hybridized carbons (Fsp3) is 0.167. The SMILES string of the molecule is COc1cccc2c1cc(N(O)O)c1c(CC(=O)O)cc3c(c12)OCO3. The van der Waals surface area contributed by atoms with E-state index in [2.05, 4.69) is 0 Å². The van der Waals surface area contributed by atoms with Gasteiger partial charge in [0.1, 0.15) is 11.4 Å². The number of carboxylic acid groups (broad SMARTS) is 1. The number of nitrogens with zero attached hydrogens (tertiary/aromatic N) is 1. The van der Waals surface area contributed by atoms with E-state index in [4.69, 9.17) is 14.2 Å². The molecule has 0 saturated carbocycles. The lowest BCUT2D eigenvalue weighted by atomic mass is 9.93. The van der Waals surface area contributed by atoms with Crippen LogP contribution in [0.2, 0.25) is 0 Å². The minimum atomic E-state index is -1.05. The van der Waals surface area contributed by atoms with Crippen molar-refractivity contribution in [2.24, 2.45) is 0 Å². The van der Waals surface area contributed by atoms with Crippen molar-refractivity contribution < 1.29 is 34.5 Å². The number of anilines is 1. The molecule has 3 N–H and O–H groups in total. The van der Waals surface area contributed by atoms with Gasteiger partial charge in [-0.25, -0.2) is 0 Å². The van der Waals surface area contributed by atoms with E-state index in [0.29, 0.717) is 39.0 Å². The minimum absolute atomic E-state index is 0.00138. The lowest BCUT2D eigenvalue weighted by Crippen LogP contribution is -2.13. The summed E-state index contributed by atoms with van der Waals surface area (Å²) >= 11 is 0. The van der Waals surface area contributed by atoms with E-state index in [1.807, 2.05) is 6.07 Å². The molecule has 3 aromatic rings. The molecule has 0 atom stereocenters. The molecule has 1 aliphatic heterocycles. The van der Waals surface area contributed by atoms with E-state index in [1.54, 1.807) is 18.2 Å². The van der Waals surface area contributed by atoms with Crippen LogP contribution in [0.15, 0.2) is 30.3 Å². The van der Waals surface area contributed by atoms with Gasteiger partial charge in [0, 0.05) is 16.2 Å². The van der Waals surface area contributed by atoms with Gasteiger partial charge >= 0.3 is 5.97 Å². The van der Waals surface area contributed by atoms with Gasteiger partial charge in [0.15, 0.2) is 11.5 Å². The van der Waals surface area contributed by atoms with Gasteiger partial charge in [0.25, 0.3) is 0 Å². The molecule has 0 aliphatic carbocycles. The third-order valence-electron chi connectivity index (χ3n) is 4.39. The summed E-state index contributed by atoms with van der Waals surface area (Å²) in [6.45, 7) is -0.00138. The Morgan fingerprint density at radius 2 is 2.00 bits per heavy atom. The molecular formula is C18H15NO7. The Morgan fingerprint density at radius 1 is 1.19 bits per heavy atom. The highest BCUT2D eigenvalue weighted by molar-refractivity contribution is 6.19. The van der Waals surface area contributed by atoms with E-state index in [-0.39, 0.29) is 24.1 Å². The zero-order valence-electron chi connectivity index (χ0n) is 13.7. The monoisotopic (exact) mass is 357 g/mol. The molecule has 134 valence electrons. The maximum Gasteiger partial charge on any atom is 0.307 e. The Kier molecular flexibility index (Phi) is 3.71. The highest BCUT2D eigenvalue weighted by Gasteiger charge is 2.26. The van der Waals surface area contributed by atoms with Crippen LogP contribution in [0.3, 0.4) is 0 Å². The Morgan fingerprint density at radius 3 is 2.69 bits per heavy atom. The van der Waals surface area contributed by atoms with Crippen molar-refractivity contribution in [3.05, 3.63) is 35.9 Å². The van der Waals surface area contributed by atoms with Crippen LogP contribution in [-0.4, -0.2) is 35.4 Å². The zero-order valence-corrected chi connectivity index (χ0v) is 13.7. The molecule has 0 aromatic heterocycles. The number of carbonyl (C=O) groups is 1. The van der Waals surface area contributed by atoms with Crippen molar-refractivity contribution in [3.63, 3.8) is 0 Å². The first-order chi connectivity index (χ1) is 12.5. The first-order valence-corrected chi connectivity index (χ1v) is 7.76. The summed E-state index contributed by atoms with van der Waals surface area (Å²) in [7, 11) is 1.51. The van der Waals surface area contributed by atoms with Crippen LogP contribution < -0.4 is 19.4 Å². The normalized spacial score (nSPS) is 12.6. The second-order valence-electron chi connectivity index (χ2n) is 5.83. The molecule has 0 unspecified atom stereocenters. The van der Waals surface area contributed by atoms with Gasteiger partial charge in [-0.3, -0.25) is 15.2 Å². The molecule has 4 rings (SSSR count). The summed E-state index contributed by atoms with van der Waals surface area (Å²) < 4.78 is 16.4. The highest BCUT2D eigenvalue weighted by atomic mass is 16.8. The predicted molar refractivity (Wildman–Crippen MR) is 91.5 cm³/mol. The summed E-state index contributed by atoms with van der Waals surface area (Å²) in [6.07, 6.45) is -0.316. The highest BCUT2D eigenvalue weighted by Crippen LogP contribution is 2.48. The summed E-state index contributed by atoms with van der Waals surface area (Å²) in [5.41, 5.74) is 0.399. The number of benzene rings is 3. The first-order valence-electron chi connectivity index (χ1n) is 7.76. The van der Waals surface area contributed by atoms with Crippen LogP contribution in [0.25, 0.3) is 21.5 Å². The van der Waals surface area contributed by atoms with Gasteiger partial charge in [-0.2, -0.15) is 0 Å². The van der Waals surface area contributed by atoms with E-state index in [0.717, 1.165) is 5.39 Å². The number of fused-ring (bicyclic) bond motifs is 5. The molecule has 0 amide bonds. The van der Waals surface area contributed by atoms with Gasteiger partial charge < -0.3 is 19.3 Å². The third kappa shape index (κ3) is 2.35. The van der Waals surface area contributed by atoms with Crippen molar-refractivity contribution in [1.29, 1.82) is 0 Å². The number of hydrogen-bond acceptors (Lipinski definition) is 7. The number of hydrogen-bond donors (Lipinski definition) is 3. The zero-order chi connectivity index (χ0) is 18.4. The van der Waals surface area contributed by atoms with Crippen molar-refractivity contribution in [2.45, 2.75) is 6.42 Å². The van der Waals surface area contributed by atoms with Crippen molar-refractivity contribution in [1.82, 2.24) is 0 Å². The van der Waals surface area contributed by atoms with Gasteiger partial charge in [-0.05, 0) is 29.1 Å². The van der Waals surface area contributed by atoms with Crippen molar-refractivity contribution >= 4 is 33.2 Å². The van der Waals surface area contributed by atoms with Crippen LogP contribution >= 0.6 is 0 Å². The Hall–Kier alpha value is -3.23. The van der Waals surface area contributed by atoms with Gasteiger partial charge in [-0.15, -0.1) is 5.23 Å². The van der Waals surface area contributed by atoms with Crippen LogP contribution in [0.1, 0.15) is 5.56 Å². The molecule has 26 heavy (non-hydrogen) atoms. The molecule has 0 radical (unpaired) electrons. The Balaban J connectivity index is 2.24.